The zero-order chi connectivity index (χ0) is 18.8. The number of hydrogen-bond donors (Lipinski definition) is 2. The lowest BCUT2D eigenvalue weighted by Crippen LogP contribution is -2.32. The van der Waals surface area contributed by atoms with E-state index in [-0.39, 0.29) is 18.7 Å². The predicted octanol–water partition coefficient (Wildman–Crippen LogP) is 3.49. The van der Waals surface area contributed by atoms with E-state index in [1.165, 1.54) is 0 Å². The van der Waals surface area contributed by atoms with Crippen LogP contribution >= 0.6 is 23.8 Å². The van der Waals surface area contributed by atoms with Crippen molar-refractivity contribution in [2.45, 2.75) is 12.1 Å². The van der Waals surface area contributed by atoms with Gasteiger partial charge in [0.25, 0.3) is 0 Å². The second-order valence-electron chi connectivity index (χ2n) is 6.33. The molecule has 2 aromatic heterocycles. The Morgan fingerprint density at radius 2 is 2.04 bits per heavy atom. The number of thiocarbonyl (C=S) groups is 1. The number of rotatable bonds is 5. The molecule has 1 aromatic carbocycles. The quantitative estimate of drug-likeness (QED) is 0.644. The topological polar surface area (TPSA) is 53.3 Å². The maximum atomic E-state index is 9.57. The first-order chi connectivity index (χ1) is 13.2. The monoisotopic (exact) mass is 398 g/mol. The van der Waals surface area contributed by atoms with Crippen LogP contribution in [-0.2, 0) is 0 Å². The Hall–Kier alpha value is -2.41. The lowest BCUT2D eigenvalue weighted by atomic mass is 10.0. The highest BCUT2D eigenvalue weighted by molar-refractivity contribution is 7.80. The summed E-state index contributed by atoms with van der Waals surface area (Å²) in [4.78, 5) is 6.54. The van der Waals surface area contributed by atoms with Gasteiger partial charge in [-0.25, -0.2) is 0 Å². The molecule has 0 amide bonds. The smallest absolute Gasteiger partial charge is 0.170 e. The fourth-order valence-electron chi connectivity index (χ4n) is 3.57. The van der Waals surface area contributed by atoms with Crippen LogP contribution in [0.15, 0.2) is 67.0 Å². The summed E-state index contributed by atoms with van der Waals surface area (Å²) in [6, 6.07) is 17.4. The van der Waals surface area contributed by atoms with E-state index in [0.29, 0.717) is 16.7 Å². The zero-order valence-corrected chi connectivity index (χ0v) is 16.1. The summed E-state index contributed by atoms with van der Waals surface area (Å²) in [6.07, 6.45) is 3.79. The molecule has 0 unspecified atom stereocenters. The minimum atomic E-state index is -0.113. The molecule has 0 radical (unpaired) electrons. The van der Waals surface area contributed by atoms with Gasteiger partial charge in [0.1, 0.15) is 0 Å². The summed E-state index contributed by atoms with van der Waals surface area (Å²) in [7, 11) is 0. The van der Waals surface area contributed by atoms with Crippen molar-refractivity contribution in [2.24, 2.45) is 0 Å². The minimum Gasteiger partial charge on any atom is -0.395 e. The van der Waals surface area contributed by atoms with Gasteiger partial charge in [-0.2, -0.15) is 0 Å². The maximum Gasteiger partial charge on any atom is 0.170 e. The second kappa shape index (κ2) is 7.68. The van der Waals surface area contributed by atoms with E-state index in [1.807, 2.05) is 59.6 Å². The number of nitrogens with one attached hydrogen (secondary N) is 1. The Bertz CT molecular complexity index is 946. The van der Waals surface area contributed by atoms with Crippen molar-refractivity contribution in [1.29, 1.82) is 0 Å². The van der Waals surface area contributed by atoms with Crippen LogP contribution in [0.3, 0.4) is 0 Å². The molecule has 27 heavy (non-hydrogen) atoms. The lowest BCUT2D eigenvalue weighted by molar-refractivity contribution is 0.220. The molecule has 3 aromatic rings. The first-order valence-electron chi connectivity index (χ1n) is 8.71. The molecular formula is C20H19ClN4OS. The number of nitrogens with zero attached hydrogens (tertiary/aromatic N) is 3. The Balaban J connectivity index is 1.81. The van der Waals surface area contributed by atoms with Crippen LogP contribution < -0.4 is 5.32 Å². The van der Waals surface area contributed by atoms with E-state index >= 15 is 0 Å². The Morgan fingerprint density at radius 1 is 1.15 bits per heavy atom. The third-order valence-corrected chi connectivity index (χ3v) is 5.30. The molecule has 0 bridgehead atoms. The summed E-state index contributed by atoms with van der Waals surface area (Å²) in [6.45, 7) is 0.464. The molecule has 138 valence electrons. The van der Waals surface area contributed by atoms with E-state index in [0.717, 1.165) is 17.1 Å². The molecule has 1 aliphatic rings. The largest absolute Gasteiger partial charge is 0.395 e. The van der Waals surface area contributed by atoms with Crippen LogP contribution in [0.1, 0.15) is 23.5 Å². The molecule has 4 rings (SSSR count). The second-order valence-corrected chi connectivity index (χ2v) is 7.15. The number of halogens is 1. The highest BCUT2D eigenvalue weighted by Gasteiger charge is 2.40. The van der Waals surface area contributed by atoms with E-state index in [9.17, 15) is 5.11 Å². The van der Waals surface area contributed by atoms with Crippen molar-refractivity contribution >= 4 is 28.9 Å². The van der Waals surface area contributed by atoms with Gasteiger partial charge in [-0.05, 0) is 54.7 Å². The maximum absolute atomic E-state index is 9.57. The molecule has 0 spiro atoms. The Kier molecular flexibility index (Phi) is 5.11. The number of hydrogen-bond acceptors (Lipinski definition) is 3. The standard InChI is InChI=1S/C20H19ClN4OS/c21-14-5-3-6-15(13-14)24-10-4-8-17(24)19-18(16-7-1-2-9-22-16)23-20(27)25(19)11-12-26/h1-10,13,18-19,26H,11-12H2,(H,23,27)/t18-,19-/m1/s1. The average Bonchev–Trinajstić information content (AvgIpc) is 3.28. The molecule has 3 heterocycles. The summed E-state index contributed by atoms with van der Waals surface area (Å²) >= 11 is 11.8. The Labute approximate surface area is 168 Å². The molecule has 2 atom stereocenters. The van der Waals surface area contributed by atoms with Crippen molar-refractivity contribution in [3.63, 3.8) is 0 Å². The molecule has 1 fully saturated rings. The van der Waals surface area contributed by atoms with Gasteiger partial charge in [0.15, 0.2) is 5.11 Å². The van der Waals surface area contributed by atoms with Gasteiger partial charge in [0, 0.05) is 35.3 Å². The fourth-order valence-corrected chi connectivity index (χ4v) is 4.09. The first-order valence-corrected chi connectivity index (χ1v) is 9.50. The number of pyridine rings is 1. The van der Waals surface area contributed by atoms with Crippen molar-refractivity contribution in [3.05, 3.63) is 83.4 Å². The predicted molar refractivity (Wildman–Crippen MR) is 110 cm³/mol. The van der Waals surface area contributed by atoms with Gasteiger partial charge in [-0.1, -0.05) is 23.7 Å². The van der Waals surface area contributed by atoms with E-state index in [4.69, 9.17) is 23.8 Å². The average molecular weight is 399 g/mol. The Morgan fingerprint density at radius 3 is 2.78 bits per heavy atom. The third-order valence-electron chi connectivity index (χ3n) is 4.71. The normalized spacial score (nSPS) is 19.3. The SMILES string of the molecule is OCCN1C(=S)N[C@H](c2ccccn2)[C@H]1c1cccn1-c1cccc(Cl)c1. The van der Waals surface area contributed by atoms with Crippen LogP contribution in [0.4, 0.5) is 0 Å². The molecular weight excluding hydrogens is 380 g/mol. The molecule has 5 nitrogen and oxygen atoms in total. The summed E-state index contributed by atoms with van der Waals surface area (Å²) in [5.41, 5.74) is 2.93. The van der Waals surface area contributed by atoms with Gasteiger partial charge in [0.05, 0.1) is 24.4 Å². The fraction of sp³-hybridized carbons (Fsp3) is 0.200. The van der Waals surface area contributed by atoms with E-state index in [1.54, 1.807) is 6.20 Å². The summed E-state index contributed by atoms with van der Waals surface area (Å²) in [5.74, 6) is 0. The van der Waals surface area contributed by atoms with E-state index < -0.39 is 0 Å². The number of β-amino-alcohol motifs (C(OH)–C–C–N with tert-alkyl or cyclic N) is 1. The molecule has 1 saturated heterocycles. The van der Waals surface area contributed by atoms with Crippen LogP contribution in [0, 0.1) is 0 Å². The zero-order valence-electron chi connectivity index (χ0n) is 14.5. The molecule has 7 heteroatoms. The minimum absolute atomic E-state index is 0.0190. The van der Waals surface area contributed by atoms with Gasteiger partial charge in [-0.15, -0.1) is 0 Å². The van der Waals surface area contributed by atoms with Gasteiger partial charge in [0.2, 0.25) is 0 Å². The summed E-state index contributed by atoms with van der Waals surface area (Å²) < 4.78 is 2.10. The van der Waals surface area contributed by atoms with Crippen molar-refractivity contribution in [3.8, 4) is 5.69 Å². The van der Waals surface area contributed by atoms with Crippen LogP contribution in [0.25, 0.3) is 5.69 Å². The lowest BCUT2D eigenvalue weighted by Gasteiger charge is -2.28. The van der Waals surface area contributed by atoms with Crippen molar-refractivity contribution < 1.29 is 5.11 Å². The first kappa shape index (κ1) is 18.0. The molecule has 1 aliphatic heterocycles. The highest BCUT2D eigenvalue weighted by Crippen LogP contribution is 2.39. The van der Waals surface area contributed by atoms with E-state index in [2.05, 4.69) is 20.9 Å². The highest BCUT2D eigenvalue weighted by atomic mass is 35.5. The third kappa shape index (κ3) is 3.43. The van der Waals surface area contributed by atoms with Crippen molar-refractivity contribution in [2.75, 3.05) is 13.2 Å². The van der Waals surface area contributed by atoms with Gasteiger partial charge in [-0.3, -0.25) is 4.98 Å². The van der Waals surface area contributed by atoms with Crippen LogP contribution in [0.2, 0.25) is 5.02 Å². The number of aliphatic hydroxyl groups is 1. The molecule has 0 aliphatic carbocycles. The number of aliphatic hydroxyl groups excluding tert-OH is 1. The van der Waals surface area contributed by atoms with Crippen molar-refractivity contribution in [1.82, 2.24) is 19.8 Å². The number of aromatic nitrogens is 2. The van der Waals surface area contributed by atoms with Gasteiger partial charge >= 0.3 is 0 Å². The van der Waals surface area contributed by atoms with Gasteiger partial charge < -0.3 is 19.9 Å². The summed E-state index contributed by atoms with van der Waals surface area (Å²) in [5, 5.41) is 14.2. The number of benzene rings is 1. The van der Waals surface area contributed by atoms with Crippen LogP contribution in [0.5, 0.6) is 0 Å². The molecule has 0 saturated carbocycles. The van der Waals surface area contributed by atoms with Crippen LogP contribution in [-0.4, -0.2) is 37.8 Å². The molecule has 2 N–H and O–H groups in total.